The molecule has 5 rings (SSSR count). The van der Waals surface area contributed by atoms with Crippen LogP contribution in [-0.4, -0.2) is 33.7 Å². The Hall–Kier alpha value is -2.36. The zero-order valence-corrected chi connectivity index (χ0v) is 17.7. The van der Waals surface area contributed by atoms with Crippen LogP contribution in [0.4, 0.5) is 0 Å². The van der Waals surface area contributed by atoms with Gasteiger partial charge in [0.25, 0.3) is 0 Å². The fourth-order valence-corrected chi connectivity index (χ4v) is 5.19. The molecule has 3 aromatic rings. The molecule has 1 aliphatic heterocycles. The molecule has 3 heteroatoms. The first kappa shape index (κ1) is 19.6. The van der Waals surface area contributed by atoms with Crippen molar-refractivity contribution >= 4 is 16.5 Å². The molecule has 0 spiro atoms. The number of fused-ring (bicyclic) bond motifs is 1. The predicted molar refractivity (Wildman–Crippen MR) is 124 cm³/mol. The lowest BCUT2D eigenvalue weighted by atomic mass is 9.92. The maximum Gasteiger partial charge on any atom is 0.0651 e. The first-order valence-corrected chi connectivity index (χ1v) is 11.5. The Bertz CT molecular complexity index is 1030. The van der Waals surface area contributed by atoms with E-state index in [2.05, 4.69) is 70.7 Å². The average Bonchev–Trinajstić information content (AvgIpc) is 3.40. The molecule has 1 aromatic heterocycles. The van der Waals surface area contributed by atoms with Gasteiger partial charge in [-0.25, -0.2) is 0 Å². The quantitative estimate of drug-likeness (QED) is 0.557. The van der Waals surface area contributed by atoms with Gasteiger partial charge in [-0.1, -0.05) is 55.3 Å². The molecular weight excluding hydrogens is 368 g/mol. The van der Waals surface area contributed by atoms with Crippen molar-refractivity contribution in [3.05, 3.63) is 77.5 Å². The summed E-state index contributed by atoms with van der Waals surface area (Å²) in [5, 5.41) is 12.0. The van der Waals surface area contributed by atoms with Gasteiger partial charge in [-0.15, -0.1) is 0 Å². The van der Waals surface area contributed by atoms with Crippen molar-refractivity contribution in [2.75, 3.05) is 13.1 Å². The molecule has 2 heterocycles. The third-order valence-electron chi connectivity index (χ3n) is 7.05. The number of aryl methyl sites for hydroxylation is 1. The molecule has 30 heavy (non-hydrogen) atoms. The van der Waals surface area contributed by atoms with Crippen molar-refractivity contribution < 1.29 is 5.11 Å². The maximum atomic E-state index is 10.7. The molecule has 1 aliphatic carbocycles. The van der Waals surface area contributed by atoms with Crippen molar-refractivity contribution in [1.82, 2.24) is 9.88 Å². The monoisotopic (exact) mass is 400 g/mol. The minimum absolute atomic E-state index is 0.427. The number of hydrogen-bond donors (Lipinski definition) is 2. The van der Waals surface area contributed by atoms with E-state index in [9.17, 15) is 5.11 Å². The minimum Gasteiger partial charge on any atom is -0.390 e. The summed E-state index contributed by atoms with van der Waals surface area (Å²) in [6, 6.07) is 17.5. The van der Waals surface area contributed by atoms with Crippen LogP contribution in [0.25, 0.3) is 16.5 Å². The van der Waals surface area contributed by atoms with Gasteiger partial charge in [-0.3, -0.25) is 4.90 Å². The Kier molecular flexibility index (Phi) is 5.49. The highest BCUT2D eigenvalue weighted by Gasteiger charge is 2.30. The summed E-state index contributed by atoms with van der Waals surface area (Å²) in [7, 11) is 0. The van der Waals surface area contributed by atoms with Gasteiger partial charge in [-0.05, 0) is 60.9 Å². The average molecular weight is 401 g/mol. The van der Waals surface area contributed by atoms with Crippen LogP contribution in [-0.2, 0) is 13.0 Å². The molecular formula is C27H32N2O. The number of nitrogens with one attached hydrogen (secondary N) is 1. The second-order valence-corrected chi connectivity index (χ2v) is 9.21. The van der Waals surface area contributed by atoms with Crippen LogP contribution in [0.2, 0.25) is 0 Å². The lowest BCUT2D eigenvalue weighted by Gasteiger charge is -2.26. The third-order valence-corrected chi connectivity index (χ3v) is 7.05. The van der Waals surface area contributed by atoms with Crippen LogP contribution in [0.3, 0.4) is 0 Å². The van der Waals surface area contributed by atoms with E-state index >= 15 is 0 Å². The fraction of sp³-hybridized carbons (Fsp3) is 0.407. The Morgan fingerprint density at radius 1 is 1.00 bits per heavy atom. The van der Waals surface area contributed by atoms with E-state index in [1.807, 2.05) is 0 Å². The number of nitrogens with zero attached hydrogens (tertiary/aromatic N) is 1. The molecule has 2 N–H and O–H groups in total. The van der Waals surface area contributed by atoms with Gasteiger partial charge in [-0.2, -0.15) is 0 Å². The standard InChI is InChI=1S/C27H32N2O/c30-27(13-4-5-14-27)15-10-21-8-9-26-24(18-21)25(19-28-26)23-11-16-29(17-12-23)20-22-6-2-1-3-7-22/h1-3,6-9,11,18-19,28,30H,4-5,10,12-17,20H2. The van der Waals surface area contributed by atoms with Gasteiger partial charge < -0.3 is 10.1 Å². The summed E-state index contributed by atoms with van der Waals surface area (Å²) < 4.78 is 0. The lowest BCUT2D eigenvalue weighted by molar-refractivity contribution is 0.0391. The summed E-state index contributed by atoms with van der Waals surface area (Å²) in [5.74, 6) is 0. The third kappa shape index (κ3) is 4.23. The fourth-order valence-electron chi connectivity index (χ4n) is 5.19. The molecule has 1 fully saturated rings. The highest BCUT2D eigenvalue weighted by atomic mass is 16.3. The van der Waals surface area contributed by atoms with Crippen molar-refractivity contribution in [3.8, 4) is 0 Å². The number of hydrogen-bond acceptors (Lipinski definition) is 2. The SMILES string of the molecule is OC1(CCc2ccc3[nH]cc(C4=CCN(Cc5ccccc5)CC4)c3c2)CCCC1. The number of aliphatic hydroxyl groups is 1. The molecule has 156 valence electrons. The summed E-state index contributed by atoms with van der Waals surface area (Å²) in [5.41, 5.74) is 6.31. The van der Waals surface area contributed by atoms with Crippen molar-refractivity contribution in [3.63, 3.8) is 0 Å². The summed E-state index contributed by atoms with van der Waals surface area (Å²) in [6.07, 6.45) is 11.8. The number of H-pyrrole nitrogens is 1. The maximum absolute atomic E-state index is 10.7. The molecule has 3 nitrogen and oxygen atoms in total. The molecule has 2 aromatic carbocycles. The highest BCUT2D eigenvalue weighted by Crippen LogP contribution is 2.34. The second-order valence-electron chi connectivity index (χ2n) is 9.21. The van der Waals surface area contributed by atoms with E-state index in [0.29, 0.717) is 0 Å². The van der Waals surface area contributed by atoms with Gasteiger partial charge in [0.05, 0.1) is 5.60 Å². The van der Waals surface area contributed by atoms with E-state index in [1.54, 1.807) is 0 Å². The van der Waals surface area contributed by atoms with E-state index in [1.165, 1.54) is 46.0 Å². The number of benzene rings is 2. The van der Waals surface area contributed by atoms with E-state index in [-0.39, 0.29) is 0 Å². The summed E-state index contributed by atoms with van der Waals surface area (Å²) >= 11 is 0. The van der Waals surface area contributed by atoms with Crippen LogP contribution in [0, 0.1) is 0 Å². The zero-order valence-electron chi connectivity index (χ0n) is 17.7. The Balaban J connectivity index is 1.29. The van der Waals surface area contributed by atoms with Crippen molar-refractivity contribution in [2.45, 2.75) is 57.1 Å². The van der Waals surface area contributed by atoms with Gasteiger partial charge in [0.1, 0.15) is 0 Å². The van der Waals surface area contributed by atoms with Crippen molar-refractivity contribution in [1.29, 1.82) is 0 Å². The van der Waals surface area contributed by atoms with Crippen LogP contribution in [0.1, 0.15) is 55.2 Å². The van der Waals surface area contributed by atoms with Gasteiger partial charge >= 0.3 is 0 Å². The number of aromatic amines is 1. The highest BCUT2D eigenvalue weighted by molar-refractivity contribution is 5.93. The van der Waals surface area contributed by atoms with Gasteiger partial charge in [0.15, 0.2) is 0 Å². The molecule has 0 bridgehead atoms. The normalized spacial score (nSPS) is 19.3. The Morgan fingerprint density at radius 2 is 1.83 bits per heavy atom. The predicted octanol–water partition coefficient (Wildman–Crippen LogP) is 5.69. The van der Waals surface area contributed by atoms with E-state index in [4.69, 9.17) is 0 Å². The zero-order chi connectivity index (χ0) is 20.4. The topological polar surface area (TPSA) is 39.3 Å². The second kappa shape index (κ2) is 8.41. The van der Waals surface area contributed by atoms with Gasteiger partial charge in [0, 0.05) is 42.3 Å². The molecule has 0 amide bonds. The molecule has 0 unspecified atom stereocenters. The minimum atomic E-state index is -0.427. The molecule has 0 radical (unpaired) electrons. The van der Waals surface area contributed by atoms with Crippen LogP contribution < -0.4 is 0 Å². The molecule has 0 saturated heterocycles. The largest absolute Gasteiger partial charge is 0.390 e. The Morgan fingerprint density at radius 3 is 2.60 bits per heavy atom. The van der Waals surface area contributed by atoms with Crippen LogP contribution in [0.5, 0.6) is 0 Å². The molecule has 1 saturated carbocycles. The Labute approximate surface area is 179 Å². The van der Waals surface area contributed by atoms with E-state index in [0.717, 1.165) is 51.7 Å². The van der Waals surface area contributed by atoms with Crippen LogP contribution in [0.15, 0.2) is 60.8 Å². The number of rotatable bonds is 6. The van der Waals surface area contributed by atoms with Crippen LogP contribution >= 0.6 is 0 Å². The van der Waals surface area contributed by atoms with E-state index < -0.39 is 5.60 Å². The van der Waals surface area contributed by atoms with Gasteiger partial charge in [0.2, 0.25) is 0 Å². The molecule has 0 atom stereocenters. The first-order valence-electron chi connectivity index (χ1n) is 11.5. The summed E-state index contributed by atoms with van der Waals surface area (Å²) in [6.45, 7) is 3.12. The van der Waals surface area contributed by atoms with Crippen molar-refractivity contribution in [2.24, 2.45) is 0 Å². The first-order chi connectivity index (χ1) is 14.7. The molecule has 2 aliphatic rings. The lowest BCUT2D eigenvalue weighted by Crippen LogP contribution is -2.27. The smallest absolute Gasteiger partial charge is 0.0651 e. The summed E-state index contributed by atoms with van der Waals surface area (Å²) in [4.78, 5) is 5.98. The number of aromatic nitrogens is 1.